The van der Waals surface area contributed by atoms with Crippen LogP contribution in [-0.4, -0.2) is 37.7 Å². The lowest BCUT2D eigenvalue weighted by Gasteiger charge is -2.13. The Kier molecular flexibility index (Phi) is 7.06. The second-order valence-corrected chi connectivity index (χ2v) is 6.71. The van der Waals surface area contributed by atoms with Crippen LogP contribution in [0.1, 0.15) is 38.2 Å². The normalized spacial score (nSPS) is 12.4. The van der Waals surface area contributed by atoms with E-state index in [1.807, 2.05) is 12.1 Å². The fourth-order valence-electron chi connectivity index (χ4n) is 2.08. The minimum absolute atomic E-state index is 0.0597. The van der Waals surface area contributed by atoms with Crippen molar-refractivity contribution in [3.63, 3.8) is 0 Å². The van der Waals surface area contributed by atoms with Gasteiger partial charge in [0, 0.05) is 32.0 Å². The molecule has 2 N–H and O–H groups in total. The summed E-state index contributed by atoms with van der Waals surface area (Å²) >= 11 is 0. The molecule has 0 saturated carbocycles. The molecule has 0 unspecified atom stereocenters. The summed E-state index contributed by atoms with van der Waals surface area (Å²) in [5.41, 5.74) is -0.0597. The monoisotopic (exact) mass is 348 g/mol. The number of aliphatic imine (C=N–C) groups is 1. The molecule has 0 aromatic carbocycles. The number of furan rings is 1. The van der Waals surface area contributed by atoms with Crippen LogP contribution in [0, 0.1) is 0 Å². The molecule has 0 fully saturated rings. The summed E-state index contributed by atoms with van der Waals surface area (Å²) in [6.07, 6.45) is 4.23. The Hall–Kier alpha value is -2.28. The minimum Gasteiger partial charge on any atom is -0.469 e. The van der Waals surface area contributed by atoms with E-state index in [0.717, 1.165) is 17.9 Å². The molecule has 2 heterocycles. The first kappa shape index (κ1) is 19.1. The molecule has 2 aromatic heterocycles. The molecule has 138 valence electrons. The Morgan fingerprint density at radius 1 is 1.28 bits per heavy atom. The molecule has 2 aromatic rings. The van der Waals surface area contributed by atoms with Crippen LogP contribution in [0.15, 0.2) is 38.4 Å². The van der Waals surface area contributed by atoms with Gasteiger partial charge in [-0.2, -0.15) is 0 Å². The smallest absolute Gasteiger partial charge is 0.216 e. The zero-order valence-corrected chi connectivity index (χ0v) is 15.5. The number of hydrogen-bond acceptors (Lipinski definition) is 5. The van der Waals surface area contributed by atoms with Crippen molar-refractivity contribution in [1.29, 1.82) is 0 Å². The molecule has 25 heavy (non-hydrogen) atoms. The highest BCUT2D eigenvalue weighted by molar-refractivity contribution is 5.79. The van der Waals surface area contributed by atoms with Gasteiger partial charge in [0.05, 0.1) is 19.1 Å². The van der Waals surface area contributed by atoms with Crippen LogP contribution in [0.5, 0.6) is 0 Å². The summed E-state index contributed by atoms with van der Waals surface area (Å²) in [6.45, 7) is 8.63. The van der Waals surface area contributed by atoms with E-state index in [1.54, 1.807) is 19.6 Å². The van der Waals surface area contributed by atoms with Gasteiger partial charge in [-0.15, -0.1) is 0 Å². The van der Waals surface area contributed by atoms with Crippen molar-refractivity contribution >= 4 is 5.96 Å². The van der Waals surface area contributed by atoms with Crippen LogP contribution in [0.3, 0.4) is 0 Å². The molecule has 0 aliphatic carbocycles. The molecule has 0 bridgehead atoms. The third-order valence-electron chi connectivity index (χ3n) is 3.51. The lowest BCUT2D eigenvalue weighted by molar-refractivity contribution is 0.203. The summed E-state index contributed by atoms with van der Waals surface area (Å²) in [7, 11) is 1.67. The van der Waals surface area contributed by atoms with Crippen molar-refractivity contribution in [3.05, 3.63) is 42.0 Å². The third kappa shape index (κ3) is 6.62. The van der Waals surface area contributed by atoms with Crippen LogP contribution in [0.4, 0.5) is 0 Å². The molecular weight excluding hydrogens is 320 g/mol. The standard InChI is InChI=1S/C18H28N4O3/c1-18(2,3)15-12-21-16(25-15)13-22-17(20-9-11-23-4)19-8-7-14-6-5-10-24-14/h5-6,10,12H,7-9,11,13H2,1-4H3,(H2,19,20,22). The van der Waals surface area contributed by atoms with Crippen LogP contribution >= 0.6 is 0 Å². The van der Waals surface area contributed by atoms with Crippen molar-refractivity contribution in [2.45, 2.75) is 39.2 Å². The molecular formula is C18H28N4O3. The molecule has 7 nitrogen and oxygen atoms in total. The molecule has 0 saturated heterocycles. The van der Waals surface area contributed by atoms with Crippen molar-refractivity contribution in [2.75, 3.05) is 26.8 Å². The lowest BCUT2D eigenvalue weighted by Crippen LogP contribution is -2.40. The molecule has 0 atom stereocenters. The van der Waals surface area contributed by atoms with Crippen LogP contribution in [0.2, 0.25) is 0 Å². The third-order valence-corrected chi connectivity index (χ3v) is 3.51. The summed E-state index contributed by atoms with van der Waals surface area (Å²) in [6, 6.07) is 3.84. The molecule has 0 aliphatic rings. The fraction of sp³-hybridized carbons (Fsp3) is 0.556. The zero-order valence-electron chi connectivity index (χ0n) is 15.5. The number of rotatable bonds is 8. The number of ether oxygens (including phenoxy) is 1. The van der Waals surface area contributed by atoms with Crippen LogP contribution in [0.25, 0.3) is 0 Å². The Balaban J connectivity index is 1.90. The van der Waals surface area contributed by atoms with E-state index >= 15 is 0 Å². The average molecular weight is 348 g/mol. The average Bonchev–Trinajstić information content (AvgIpc) is 3.23. The summed E-state index contributed by atoms with van der Waals surface area (Å²) in [5.74, 6) is 3.09. The van der Waals surface area contributed by atoms with Gasteiger partial charge < -0.3 is 24.2 Å². The van der Waals surface area contributed by atoms with E-state index < -0.39 is 0 Å². The van der Waals surface area contributed by atoms with Crippen molar-refractivity contribution in [1.82, 2.24) is 15.6 Å². The number of methoxy groups -OCH3 is 1. The van der Waals surface area contributed by atoms with E-state index in [2.05, 4.69) is 41.4 Å². The Bertz CT molecular complexity index is 642. The molecule has 0 spiro atoms. The lowest BCUT2D eigenvalue weighted by atomic mass is 9.94. The second-order valence-electron chi connectivity index (χ2n) is 6.71. The fourth-order valence-corrected chi connectivity index (χ4v) is 2.08. The molecule has 0 aliphatic heterocycles. The Labute approximate surface area is 148 Å². The van der Waals surface area contributed by atoms with Gasteiger partial charge in [-0.05, 0) is 12.1 Å². The first-order valence-corrected chi connectivity index (χ1v) is 8.47. The maximum absolute atomic E-state index is 5.77. The number of nitrogens with one attached hydrogen (secondary N) is 2. The summed E-state index contributed by atoms with van der Waals surface area (Å²) in [4.78, 5) is 8.84. The number of hydrogen-bond donors (Lipinski definition) is 2. The largest absolute Gasteiger partial charge is 0.469 e. The van der Waals surface area contributed by atoms with Crippen LogP contribution in [-0.2, 0) is 23.1 Å². The zero-order chi connectivity index (χ0) is 18.1. The van der Waals surface area contributed by atoms with Gasteiger partial charge >= 0.3 is 0 Å². The van der Waals surface area contributed by atoms with Gasteiger partial charge in [-0.1, -0.05) is 20.8 Å². The van der Waals surface area contributed by atoms with E-state index in [-0.39, 0.29) is 5.41 Å². The summed E-state index contributed by atoms with van der Waals surface area (Å²) in [5, 5.41) is 6.50. The highest BCUT2D eigenvalue weighted by Gasteiger charge is 2.19. The summed E-state index contributed by atoms with van der Waals surface area (Å²) < 4.78 is 16.2. The van der Waals surface area contributed by atoms with Gasteiger partial charge in [0.2, 0.25) is 5.89 Å². The predicted molar refractivity (Wildman–Crippen MR) is 96.6 cm³/mol. The number of guanidine groups is 1. The van der Waals surface area contributed by atoms with E-state index in [4.69, 9.17) is 13.6 Å². The quantitative estimate of drug-likeness (QED) is 0.433. The minimum atomic E-state index is -0.0597. The Morgan fingerprint density at radius 2 is 2.08 bits per heavy atom. The van der Waals surface area contributed by atoms with Crippen molar-refractivity contribution in [2.24, 2.45) is 4.99 Å². The SMILES string of the molecule is COCCNC(=NCc1ncc(C(C)(C)C)o1)NCCc1ccco1. The first-order chi connectivity index (χ1) is 12.0. The molecule has 2 rings (SSSR count). The topological polar surface area (TPSA) is 84.8 Å². The van der Waals surface area contributed by atoms with E-state index in [1.165, 1.54) is 0 Å². The number of nitrogens with zero attached hydrogens (tertiary/aromatic N) is 2. The van der Waals surface area contributed by atoms with Crippen molar-refractivity contribution in [3.8, 4) is 0 Å². The molecule has 0 amide bonds. The second kappa shape index (κ2) is 9.27. The highest BCUT2D eigenvalue weighted by atomic mass is 16.5. The molecule has 0 radical (unpaired) electrons. The van der Waals surface area contributed by atoms with E-state index in [9.17, 15) is 0 Å². The van der Waals surface area contributed by atoms with Gasteiger partial charge in [-0.3, -0.25) is 0 Å². The first-order valence-electron chi connectivity index (χ1n) is 8.47. The Morgan fingerprint density at radius 3 is 2.72 bits per heavy atom. The highest BCUT2D eigenvalue weighted by Crippen LogP contribution is 2.22. The van der Waals surface area contributed by atoms with E-state index in [0.29, 0.717) is 38.1 Å². The predicted octanol–water partition coefficient (Wildman–Crippen LogP) is 2.49. The van der Waals surface area contributed by atoms with Crippen LogP contribution < -0.4 is 10.6 Å². The maximum Gasteiger partial charge on any atom is 0.216 e. The van der Waals surface area contributed by atoms with Gasteiger partial charge in [0.15, 0.2) is 5.96 Å². The van der Waals surface area contributed by atoms with Crippen molar-refractivity contribution < 1.29 is 13.6 Å². The van der Waals surface area contributed by atoms with Gasteiger partial charge in [0.25, 0.3) is 0 Å². The maximum atomic E-state index is 5.77. The number of aromatic nitrogens is 1. The number of oxazole rings is 1. The van der Waals surface area contributed by atoms with Gasteiger partial charge in [-0.25, -0.2) is 9.98 Å². The molecule has 7 heteroatoms. The van der Waals surface area contributed by atoms with Gasteiger partial charge in [0.1, 0.15) is 18.1 Å².